The number of aromatic nitrogens is 4. The first-order valence-corrected chi connectivity index (χ1v) is 9.34. The summed E-state index contributed by atoms with van der Waals surface area (Å²) in [6.07, 6.45) is 5.35. The molecule has 6 heteroatoms. The predicted molar refractivity (Wildman–Crippen MR) is 103 cm³/mol. The van der Waals surface area contributed by atoms with Gasteiger partial charge < -0.3 is 10.7 Å². The van der Waals surface area contributed by atoms with Crippen molar-refractivity contribution < 1.29 is 4.79 Å². The molecule has 0 aliphatic heterocycles. The summed E-state index contributed by atoms with van der Waals surface area (Å²) in [5.74, 6) is -0.505. The first-order chi connectivity index (χ1) is 12.5. The van der Waals surface area contributed by atoms with Gasteiger partial charge in [-0.25, -0.2) is 9.50 Å². The van der Waals surface area contributed by atoms with Gasteiger partial charge in [0.05, 0.1) is 5.69 Å². The third-order valence-electron chi connectivity index (χ3n) is 4.69. The van der Waals surface area contributed by atoms with Gasteiger partial charge in [0, 0.05) is 17.1 Å². The molecule has 26 heavy (non-hydrogen) atoms. The Balaban J connectivity index is 2.20. The van der Waals surface area contributed by atoms with Crippen LogP contribution in [0.4, 0.5) is 0 Å². The van der Waals surface area contributed by atoms with Gasteiger partial charge in [-0.3, -0.25) is 4.79 Å². The van der Waals surface area contributed by atoms with Crippen LogP contribution in [0.5, 0.6) is 0 Å². The fraction of sp³-hybridized carbons (Fsp3) is 0.450. The third-order valence-corrected chi connectivity index (χ3v) is 4.69. The van der Waals surface area contributed by atoms with Crippen LogP contribution in [-0.4, -0.2) is 25.5 Å². The maximum atomic E-state index is 12.2. The molecule has 3 aromatic rings. The average molecular weight is 353 g/mol. The van der Waals surface area contributed by atoms with Crippen molar-refractivity contribution in [2.24, 2.45) is 5.73 Å². The highest BCUT2D eigenvalue weighted by Crippen LogP contribution is 2.28. The van der Waals surface area contributed by atoms with E-state index in [2.05, 4.69) is 35.0 Å². The van der Waals surface area contributed by atoms with E-state index in [1.54, 1.807) is 4.52 Å². The molecule has 0 spiro atoms. The molecule has 3 N–H and O–H groups in total. The van der Waals surface area contributed by atoms with Gasteiger partial charge in [-0.1, -0.05) is 26.7 Å². The lowest BCUT2D eigenvalue weighted by molar-refractivity contribution is 0.100. The standard InChI is InChI=1S/C20H27N5O/c1-5-7-9-15-14(8-6-2)11-16(23-15)18-17(19(21)26)20-22-12(3)10-13(4)25(20)24-18/h10-11,23H,5-9H2,1-4H3,(H2,21,26). The van der Waals surface area contributed by atoms with Gasteiger partial charge in [-0.2, -0.15) is 5.10 Å². The van der Waals surface area contributed by atoms with Crippen LogP contribution < -0.4 is 5.73 Å². The van der Waals surface area contributed by atoms with Crippen molar-refractivity contribution in [3.05, 3.63) is 40.3 Å². The second-order valence-corrected chi connectivity index (χ2v) is 6.90. The Kier molecular flexibility index (Phi) is 5.11. The number of nitrogens with zero attached hydrogens (tertiary/aromatic N) is 3. The Morgan fingerprint density at radius 2 is 1.96 bits per heavy atom. The minimum atomic E-state index is -0.505. The highest BCUT2D eigenvalue weighted by Gasteiger charge is 2.23. The van der Waals surface area contributed by atoms with Gasteiger partial charge in [0.2, 0.25) is 0 Å². The zero-order valence-electron chi connectivity index (χ0n) is 16.0. The molecule has 6 nitrogen and oxygen atoms in total. The first kappa shape index (κ1) is 18.2. The van der Waals surface area contributed by atoms with Crippen LogP contribution in [0, 0.1) is 13.8 Å². The van der Waals surface area contributed by atoms with Crippen LogP contribution in [0.15, 0.2) is 12.1 Å². The highest BCUT2D eigenvalue weighted by molar-refractivity contribution is 6.04. The summed E-state index contributed by atoms with van der Waals surface area (Å²) in [5, 5.41) is 4.66. The molecule has 3 aromatic heterocycles. The number of carbonyl (C=O) groups is 1. The number of nitrogens with two attached hydrogens (primary N) is 1. The molecule has 0 unspecified atom stereocenters. The minimum Gasteiger partial charge on any atom is -0.365 e. The van der Waals surface area contributed by atoms with Crippen molar-refractivity contribution in [2.45, 2.75) is 59.8 Å². The molecule has 3 heterocycles. The Morgan fingerprint density at radius 3 is 2.62 bits per heavy atom. The van der Waals surface area contributed by atoms with Crippen molar-refractivity contribution in [2.75, 3.05) is 0 Å². The van der Waals surface area contributed by atoms with E-state index in [-0.39, 0.29) is 0 Å². The molecule has 0 saturated heterocycles. The highest BCUT2D eigenvalue weighted by atomic mass is 16.1. The Labute approximate surface area is 153 Å². The van der Waals surface area contributed by atoms with E-state index in [1.165, 1.54) is 11.3 Å². The zero-order chi connectivity index (χ0) is 18.8. The van der Waals surface area contributed by atoms with Crippen LogP contribution in [-0.2, 0) is 12.8 Å². The van der Waals surface area contributed by atoms with Crippen molar-refractivity contribution in [1.82, 2.24) is 19.6 Å². The lowest BCUT2D eigenvalue weighted by Crippen LogP contribution is -2.12. The molecule has 0 atom stereocenters. The Bertz CT molecular complexity index is 951. The summed E-state index contributed by atoms with van der Waals surface area (Å²) in [5.41, 5.74) is 12.3. The molecule has 138 valence electrons. The summed E-state index contributed by atoms with van der Waals surface area (Å²) in [6.45, 7) is 8.22. The molecular weight excluding hydrogens is 326 g/mol. The summed E-state index contributed by atoms with van der Waals surface area (Å²) in [7, 11) is 0. The lowest BCUT2D eigenvalue weighted by atomic mass is 10.1. The molecule has 3 rings (SSSR count). The van der Waals surface area contributed by atoms with Gasteiger partial charge in [0.1, 0.15) is 11.3 Å². The second-order valence-electron chi connectivity index (χ2n) is 6.90. The van der Waals surface area contributed by atoms with E-state index in [0.29, 0.717) is 16.9 Å². The Hall–Kier alpha value is -2.63. The molecule has 0 aliphatic carbocycles. The van der Waals surface area contributed by atoms with Gasteiger partial charge in [0.15, 0.2) is 5.65 Å². The van der Waals surface area contributed by atoms with E-state index in [4.69, 9.17) is 5.73 Å². The normalized spacial score (nSPS) is 11.4. The number of aryl methyl sites for hydroxylation is 4. The summed E-state index contributed by atoms with van der Waals surface area (Å²) in [4.78, 5) is 20.2. The number of carbonyl (C=O) groups excluding carboxylic acids is 1. The number of hydrogen-bond acceptors (Lipinski definition) is 3. The number of H-pyrrole nitrogens is 1. The average Bonchev–Trinajstić information content (AvgIpc) is 3.14. The number of nitrogens with one attached hydrogen (secondary N) is 1. The monoisotopic (exact) mass is 353 g/mol. The first-order valence-electron chi connectivity index (χ1n) is 9.34. The maximum absolute atomic E-state index is 12.2. The van der Waals surface area contributed by atoms with Gasteiger partial charge >= 0.3 is 0 Å². The van der Waals surface area contributed by atoms with Crippen LogP contribution >= 0.6 is 0 Å². The number of primary amides is 1. The summed E-state index contributed by atoms with van der Waals surface area (Å²) in [6, 6.07) is 4.06. The predicted octanol–water partition coefficient (Wildman–Crippen LogP) is 3.74. The summed E-state index contributed by atoms with van der Waals surface area (Å²) < 4.78 is 1.70. The number of hydrogen-bond donors (Lipinski definition) is 2. The topological polar surface area (TPSA) is 89.1 Å². The number of fused-ring (bicyclic) bond motifs is 1. The second kappa shape index (κ2) is 7.32. The van der Waals surface area contributed by atoms with E-state index in [1.807, 2.05) is 19.9 Å². The number of rotatable bonds is 7. The van der Waals surface area contributed by atoms with Crippen LogP contribution in [0.1, 0.15) is 66.1 Å². The van der Waals surface area contributed by atoms with Gasteiger partial charge in [-0.15, -0.1) is 0 Å². The molecule has 0 saturated carbocycles. The minimum absolute atomic E-state index is 0.378. The van der Waals surface area contributed by atoms with Crippen LogP contribution in [0.3, 0.4) is 0 Å². The smallest absolute Gasteiger partial charge is 0.254 e. The molecule has 0 radical (unpaired) electrons. The van der Waals surface area contributed by atoms with Crippen molar-refractivity contribution in [3.8, 4) is 11.4 Å². The van der Waals surface area contributed by atoms with Crippen molar-refractivity contribution in [1.29, 1.82) is 0 Å². The molecule has 0 aromatic carbocycles. The number of unbranched alkanes of at least 4 members (excludes halogenated alkanes) is 1. The van der Waals surface area contributed by atoms with Crippen LogP contribution in [0.25, 0.3) is 17.0 Å². The van der Waals surface area contributed by atoms with E-state index >= 15 is 0 Å². The van der Waals surface area contributed by atoms with Crippen molar-refractivity contribution in [3.63, 3.8) is 0 Å². The zero-order valence-corrected chi connectivity index (χ0v) is 16.0. The quantitative estimate of drug-likeness (QED) is 0.678. The van der Waals surface area contributed by atoms with E-state index in [0.717, 1.165) is 49.2 Å². The number of aromatic amines is 1. The molecule has 1 amide bonds. The van der Waals surface area contributed by atoms with Crippen LogP contribution in [0.2, 0.25) is 0 Å². The fourth-order valence-corrected chi connectivity index (χ4v) is 3.47. The van der Waals surface area contributed by atoms with Gasteiger partial charge in [0.25, 0.3) is 5.91 Å². The molecular formula is C20H27N5O. The molecule has 0 fully saturated rings. The Morgan fingerprint density at radius 1 is 1.19 bits per heavy atom. The van der Waals surface area contributed by atoms with E-state index < -0.39 is 5.91 Å². The van der Waals surface area contributed by atoms with E-state index in [9.17, 15) is 4.79 Å². The molecule has 0 aliphatic rings. The van der Waals surface area contributed by atoms with Gasteiger partial charge in [-0.05, 0) is 50.8 Å². The van der Waals surface area contributed by atoms with Crippen molar-refractivity contribution >= 4 is 11.6 Å². The SMILES string of the molecule is CCCCc1[nH]c(-c2nn3c(C)cc(C)nc3c2C(N)=O)cc1CCC. The fourth-order valence-electron chi connectivity index (χ4n) is 3.47. The largest absolute Gasteiger partial charge is 0.365 e. The lowest BCUT2D eigenvalue weighted by Gasteiger charge is -2.01. The third kappa shape index (κ3) is 3.23. The number of amides is 1. The maximum Gasteiger partial charge on any atom is 0.254 e. The summed E-state index contributed by atoms with van der Waals surface area (Å²) >= 11 is 0. The molecule has 0 bridgehead atoms.